The van der Waals surface area contributed by atoms with E-state index in [1.165, 1.54) is 27.7 Å². The molecule has 0 aromatic heterocycles. The summed E-state index contributed by atoms with van der Waals surface area (Å²) < 4.78 is 32.6. The van der Waals surface area contributed by atoms with Gasteiger partial charge in [0.05, 0.1) is 44.2 Å². The quantitative estimate of drug-likeness (QED) is 0.0267. The monoisotopic (exact) mass is 1100 g/mol. The molecule has 0 bridgehead atoms. The molecule has 18 atom stereocenters. The van der Waals surface area contributed by atoms with Crippen molar-refractivity contribution in [1.82, 2.24) is 26.6 Å². The smallest absolute Gasteiger partial charge is 0.242 e. The van der Waals surface area contributed by atoms with Gasteiger partial charge in [0.15, 0.2) is 24.7 Å². The number of unbranched alkanes of at least 4 members (excludes halogenated alkanes) is 2. The lowest BCUT2D eigenvalue weighted by Crippen LogP contribution is -2.57. The van der Waals surface area contributed by atoms with E-state index < -0.39 is 146 Å². The molecule has 0 unspecified atom stereocenters. The lowest BCUT2D eigenvalue weighted by molar-refractivity contribution is -0.292. The average Bonchev–Trinajstić information content (AvgIpc) is 3.38. The van der Waals surface area contributed by atoms with Crippen molar-refractivity contribution in [2.75, 3.05) is 46.0 Å². The van der Waals surface area contributed by atoms with Crippen LogP contribution in [0.4, 0.5) is 0 Å². The summed E-state index contributed by atoms with van der Waals surface area (Å²) in [4.78, 5) is 91.6. The molecule has 0 aromatic rings. The third-order valence-corrected chi connectivity index (χ3v) is 13.3. The molecule has 28 heteroatoms. The number of aliphatic hydroxyl groups is 9. The van der Waals surface area contributed by atoms with Crippen molar-refractivity contribution in [1.29, 1.82) is 0 Å². The maximum absolute atomic E-state index is 13.7. The van der Waals surface area contributed by atoms with E-state index in [2.05, 4.69) is 26.6 Å². The Hall–Kier alpha value is -3.95. The number of nitrogens with one attached hydrogen (secondary N) is 5. The maximum atomic E-state index is 13.7. The molecule has 0 aliphatic carbocycles. The number of ether oxygens (including phenoxy) is 6. The van der Waals surface area contributed by atoms with Gasteiger partial charge in [-0.25, -0.2) is 0 Å². The van der Waals surface area contributed by atoms with Gasteiger partial charge in [-0.1, -0.05) is 0 Å². The van der Waals surface area contributed by atoms with E-state index in [-0.39, 0.29) is 103 Å². The van der Waals surface area contributed by atoms with Gasteiger partial charge in [0.1, 0.15) is 66.8 Å². The summed E-state index contributed by atoms with van der Waals surface area (Å²) in [6, 6.07) is -1.97. The Morgan fingerprint density at radius 3 is 1.33 bits per heavy atom. The number of carbonyl (C=O) groups excluding carboxylic acids is 7. The van der Waals surface area contributed by atoms with Crippen LogP contribution in [0.25, 0.3) is 0 Å². The molecule has 3 heterocycles. The van der Waals surface area contributed by atoms with Crippen LogP contribution in [0.15, 0.2) is 0 Å². The van der Waals surface area contributed by atoms with Gasteiger partial charge in [-0.3, -0.25) is 33.6 Å². The molecule has 0 saturated carbocycles. The summed E-state index contributed by atoms with van der Waals surface area (Å²) in [6.45, 7) is 5.07. The second-order valence-corrected chi connectivity index (χ2v) is 19.4. The van der Waals surface area contributed by atoms with Gasteiger partial charge in [-0.15, -0.1) is 0 Å². The molecular weight excluding hydrogens is 1010 g/mol. The van der Waals surface area contributed by atoms with Crippen LogP contribution in [0.5, 0.6) is 0 Å². The Labute approximate surface area is 441 Å². The predicted octanol–water partition coefficient (Wildman–Crippen LogP) is -5.75. The zero-order chi connectivity index (χ0) is 56.6. The van der Waals surface area contributed by atoms with E-state index in [0.717, 1.165) is 0 Å². The van der Waals surface area contributed by atoms with Gasteiger partial charge in [0.2, 0.25) is 29.5 Å². The highest BCUT2D eigenvalue weighted by atomic mass is 16.7. The molecule has 3 fully saturated rings. The standard InChI is InChI=1S/C48H84N6O22/c1-24(55)30(9-7-8-16-49)53-33(58)10-5-6-11-34(59)54-31(45(70)52-19-22-73-48-43(68)40(65)37(62)27(4)76-48)14-13-29(56)23-28(44(69)51-18-21-72-47-42(67)39(64)36(61)26(3)75-47)12-15-32(57)50-17-20-71-46-41(66)38(63)35(60)25(2)74-46/h25-28,30-31,35-43,46-48,60-68H,5-23,49H2,1-4H3,(H,50,57)(H,51,69)(H,52,70)(H,53,58)(H,54,59)/t25-,26-,27-,28+,30-,31-,35+,36+,37+,38+,39+,40+,41-,42-,43-,46+,47+,48+/m0/s1. The fraction of sp³-hybridized carbons (Fsp3) is 0.854. The van der Waals surface area contributed by atoms with Crippen LogP contribution in [0.1, 0.15) is 105 Å². The summed E-state index contributed by atoms with van der Waals surface area (Å²) >= 11 is 0. The maximum Gasteiger partial charge on any atom is 0.242 e. The van der Waals surface area contributed by atoms with Gasteiger partial charge >= 0.3 is 0 Å². The van der Waals surface area contributed by atoms with E-state index in [1.54, 1.807) is 0 Å². The van der Waals surface area contributed by atoms with Crippen molar-refractivity contribution in [2.24, 2.45) is 11.7 Å². The lowest BCUT2D eigenvalue weighted by Gasteiger charge is -2.38. The van der Waals surface area contributed by atoms with Crippen molar-refractivity contribution in [3.8, 4) is 0 Å². The number of nitrogens with two attached hydrogens (primary N) is 1. The van der Waals surface area contributed by atoms with Gasteiger partial charge in [-0.2, -0.15) is 0 Å². The number of aliphatic hydroxyl groups excluding tert-OH is 9. The highest BCUT2D eigenvalue weighted by Gasteiger charge is 2.44. The van der Waals surface area contributed by atoms with Crippen molar-refractivity contribution in [3.05, 3.63) is 0 Å². The van der Waals surface area contributed by atoms with Crippen molar-refractivity contribution < 1.29 is 108 Å². The minimum atomic E-state index is -1.61. The first-order valence-corrected chi connectivity index (χ1v) is 26.0. The minimum absolute atomic E-state index is 0.0172. The Morgan fingerprint density at radius 2 is 0.895 bits per heavy atom. The Balaban J connectivity index is 1.64. The molecule has 16 N–H and O–H groups in total. The fourth-order valence-electron chi connectivity index (χ4n) is 8.43. The number of Topliss-reactive ketones (excluding diaryl/α,β-unsaturated/α-hetero) is 2. The Morgan fingerprint density at radius 1 is 0.474 bits per heavy atom. The minimum Gasteiger partial charge on any atom is -0.388 e. The van der Waals surface area contributed by atoms with E-state index in [4.69, 9.17) is 34.2 Å². The Kier molecular flexibility index (Phi) is 29.8. The second-order valence-electron chi connectivity index (χ2n) is 19.4. The second kappa shape index (κ2) is 34.1. The van der Waals surface area contributed by atoms with E-state index in [9.17, 15) is 79.5 Å². The largest absolute Gasteiger partial charge is 0.388 e. The molecule has 3 rings (SSSR count). The molecular formula is C48H84N6O22. The van der Waals surface area contributed by atoms with Crippen LogP contribution >= 0.6 is 0 Å². The molecule has 438 valence electrons. The first-order valence-electron chi connectivity index (χ1n) is 26.0. The molecule has 3 aliphatic rings. The van der Waals surface area contributed by atoms with Crippen molar-refractivity contribution in [2.45, 2.75) is 209 Å². The fourth-order valence-corrected chi connectivity index (χ4v) is 8.43. The summed E-state index contributed by atoms with van der Waals surface area (Å²) in [5.74, 6) is -4.81. The van der Waals surface area contributed by atoms with Gasteiger partial charge in [0.25, 0.3) is 0 Å². The van der Waals surface area contributed by atoms with Crippen LogP contribution in [-0.4, -0.2) is 237 Å². The van der Waals surface area contributed by atoms with Gasteiger partial charge in [-0.05, 0) is 79.2 Å². The average molecular weight is 1100 g/mol. The van der Waals surface area contributed by atoms with Gasteiger partial charge in [0, 0.05) is 57.7 Å². The highest BCUT2D eigenvalue weighted by Crippen LogP contribution is 2.24. The molecule has 28 nitrogen and oxygen atoms in total. The topological polar surface area (TPSA) is 443 Å². The van der Waals surface area contributed by atoms with E-state index in [0.29, 0.717) is 25.8 Å². The van der Waals surface area contributed by atoms with Crippen molar-refractivity contribution >= 4 is 41.1 Å². The zero-order valence-electron chi connectivity index (χ0n) is 43.7. The third kappa shape index (κ3) is 22.1. The molecule has 0 radical (unpaired) electrons. The molecule has 0 spiro atoms. The van der Waals surface area contributed by atoms with Crippen LogP contribution in [0.2, 0.25) is 0 Å². The number of rotatable bonds is 34. The zero-order valence-corrected chi connectivity index (χ0v) is 43.7. The Bertz CT molecular complexity index is 1820. The van der Waals surface area contributed by atoms with E-state index >= 15 is 0 Å². The third-order valence-electron chi connectivity index (χ3n) is 13.3. The van der Waals surface area contributed by atoms with Crippen LogP contribution in [-0.2, 0) is 62.0 Å². The number of hydrogen-bond donors (Lipinski definition) is 15. The number of carbonyl (C=O) groups is 7. The van der Waals surface area contributed by atoms with Gasteiger partial charge < -0.3 is 107 Å². The summed E-state index contributed by atoms with van der Waals surface area (Å²) in [5, 5.41) is 104. The summed E-state index contributed by atoms with van der Waals surface area (Å²) in [5.41, 5.74) is 5.54. The number of hydrogen-bond acceptors (Lipinski definition) is 23. The SMILES string of the molecule is CC(=O)[C@H](CCCCN)NC(=O)CCCCC(=O)N[C@@H](CCC(=O)C[C@@H](CCC(=O)NCCO[C@@H]1O[C@@H](C)[C@@H](O)[C@@H](O)[C@@H]1O)C(=O)NCCO[C@@H]1O[C@@H](C)[C@@H](O)[C@@H](O)[C@@H]1O)C(=O)NCCO[C@@H]1O[C@@H](C)[C@@H](O)[C@@H](O)[C@@H]1O. The van der Waals surface area contributed by atoms with Crippen LogP contribution in [0, 0.1) is 5.92 Å². The number of ketones is 2. The summed E-state index contributed by atoms with van der Waals surface area (Å²) in [6.07, 6.45) is -19.5. The van der Waals surface area contributed by atoms with E-state index in [1.807, 2.05) is 0 Å². The normalized spacial score (nSPS) is 30.8. The predicted molar refractivity (Wildman–Crippen MR) is 261 cm³/mol. The molecule has 0 aromatic carbocycles. The lowest BCUT2D eigenvalue weighted by atomic mass is 9.93. The van der Waals surface area contributed by atoms with Crippen LogP contribution < -0.4 is 32.3 Å². The molecule has 3 aliphatic heterocycles. The first kappa shape index (κ1) is 66.3. The molecule has 5 amide bonds. The van der Waals surface area contributed by atoms with Crippen molar-refractivity contribution in [3.63, 3.8) is 0 Å². The molecule has 76 heavy (non-hydrogen) atoms. The summed E-state index contributed by atoms with van der Waals surface area (Å²) in [7, 11) is 0. The van der Waals surface area contributed by atoms with Crippen LogP contribution in [0.3, 0.4) is 0 Å². The number of amides is 5. The highest BCUT2D eigenvalue weighted by molar-refractivity contribution is 5.90. The molecule has 3 saturated heterocycles. The first-order chi connectivity index (χ1) is 36.0.